The quantitative estimate of drug-likeness (QED) is 0.523. The molecule has 4 rings (SSSR count). The van der Waals surface area contributed by atoms with E-state index in [0.29, 0.717) is 5.56 Å². The lowest BCUT2D eigenvalue weighted by Crippen LogP contribution is -2.34. The van der Waals surface area contributed by atoms with Gasteiger partial charge in [0.25, 0.3) is 5.91 Å². The number of nitrogens with zero attached hydrogens (tertiary/aromatic N) is 3. The van der Waals surface area contributed by atoms with Crippen molar-refractivity contribution in [3.05, 3.63) is 83.9 Å². The van der Waals surface area contributed by atoms with Crippen LogP contribution in [0.4, 0.5) is 5.69 Å². The summed E-state index contributed by atoms with van der Waals surface area (Å²) in [7, 11) is 0. The molecule has 1 amide bonds. The van der Waals surface area contributed by atoms with E-state index in [-0.39, 0.29) is 11.0 Å². The van der Waals surface area contributed by atoms with E-state index in [1.807, 2.05) is 73.7 Å². The van der Waals surface area contributed by atoms with Gasteiger partial charge in [0.05, 0.1) is 5.69 Å². The van der Waals surface area contributed by atoms with Crippen LogP contribution in [0.1, 0.15) is 15.9 Å². The molecule has 138 valence electrons. The number of hydrogen-bond acceptors (Lipinski definition) is 4. The maximum Gasteiger partial charge on any atom is 0.257 e. The Morgan fingerprint density at radius 3 is 2.50 bits per heavy atom. The number of nitrogens with one attached hydrogen (secondary N) is 2. The molecule has 0 aliphatic heterocycles. The Kier molecular flexibility index (Phi) is 4.82. The molecule has 0 spiro atoms. The van der Waals surface area contributed by atoms with Gasteiger partial charge in [0.15, 0.2) is 5.11 Å². The molecule has 4 aromatic rings. The van der Waals surface area contributed by atoms with Gasteiger partial charge in [-0.1, -0.05) is 35.9 Å². The molecule has 1 heterocycles. The highest BCUT2D eigenvalue weighted by Gasteiger charge is 2.10. The standard InChI is InChI=1S/C21H17N5OS/c1-14-6-5-7-15(12-14)20(27)23-21(28)22-16-10-11-18-19(13-16)25-26(24-18)17-8-3-2-4-9-17/h2-13H,1H3,(H2,22,23,27,28). The molecular weight excluding hydrogens is 370 g/mol. The maximum atomic E-state index is 12.3. The summed E-state index contributed by atoms with van der Waals surface area (Å²) in [4.78, 5) is 13.9. The van der Waals surface area contributed by atoms with E-state index in [9.17, 15) is 4.79 Å². The van der Waals surface area contributed by atoms with E-state index in [4.69, 9.17) is 12.2 Å². The average molecular weight is 387 g/mol. The maximum absolute atomic E-state index is 12.3. The second kappa shape index (κ2) is 7.58. The Bertz CT molecular complexity index is 1170. The molecule has 0 fully saturated rings. The zero-order valence-electron chi connectivity index (χ0n) is 15.1. The van der Waals surface area contributed by atoms with Crippen molar-refractivity contribution in [2.45, 2.75) is 6.92 Å². The van der Waals surface area contributed by atoms with Gasteiger partial charge in [-0.3, -0.25) is 10.1 Å². The molecule has 3 aromatic carbocycles. The Labute approximate surface area is 167 Å². The van der Waals surface area contributed by atoms with Gasteiger partial charge in [-0.05, 0) is 61.6 Å². The highest BCUT2D eigenvalue weighted by molar-refractivity contribution is 7.80. The van der Waals surface area contributed by atoms with E-state index in [1.54, 1.807) is 10.9 Å². The lowest BCUT2D eigenvalue weighted by atomic mass is 10.1. The highest BCUT2D eigenvalue weighted by atomic mass is 32.1. The normalized spacial score (nSPS) is 10.6. The number of para-hydroxylation sites is 1. The number of benzene rings is 3. The van der Waals surface area contributed by atoms with Crippen molar-refractivity contribution in [1.29, 1.82) is 0 Å². The first-order valence-corrected chi connectivity index (χ1v) is 9.11. The van der Waals surface area contributed by atoms with E-state index < -0.39 is 0 Å². The van der Waals surface area contributed by atoms with Crippen molar-refractivity contribution in [1.82, 2.24) is 20.3 Å². The molecular formula is C21H17N5OS. The Morgan fingerprint density at radius 2 is 1.71 bits per heavy atom. The van der Waals surface area contributed by atoms with Crippen molar-refractivity contribution in [2.75, 3.05) is 5.32 Å². The van der Waals surface area contributed by atoms with Gasteiger partial charge in [0.2, 0.25) is 0 Å². The van der Waals surface area contributed by atoms with Gasteiger partial charge in [0.1, 0.15) is 11.0 Å². The first-order valence-electron chi connectivity index (χ1n) is 8.70. The summed E-state index contributed by atoms with van der Waals surface area (Å²) in [6, 6.07) is 22.6. The topological polar surface area (TPSA) is 71.8 Å². The van der Waals surface area contributed by atoms with E-state index in [1.165, 1.54) is 0 Å². The fourth-order valence-electron chi connectivity index (χ4n) is 2.79. The first-order chi connectivity index (χ1) is 13.6. The average Bonchev–Trinajstić information content (AvgIpc) is 3.12. The van der Waals surface area contributed by atoms with E-state index in [2.05, 4.69) is 20.8 Å². The lowest BCUT2D eigenvalue weighted by molar-refractivity contribution is 0.0977. The zero-order valence-corrected chi connectivity index (χ0v) is 15.9. The molecule has 0 saturated heterocycles. The van der Waals surface area contributed by atoms with E-state index in [0.717, 1.165) is 28.0 Å². The number of aryl methyl sites for hydroxylation is 1. The van der Waals surface area contributed by atoms with Crippen LogP contribution in [0.3, 0.4) is 0 Å². The Morgan fingerprint density at radius 1 is 0.929 bits per heavy atom. The number of amides is 1. The predicted molar refractivity (Wildman–Crippen MR) is 114 cm³/mol. The van der Waals surface area contributed by atoms with Crippen LogP contribution in [0.2, 0.25) is 0 Å². The third-order valence-corrected chi connectivity index (χ3v) is 4.34. The van der Waals surface area contributed by atoms with Crippen molar-refractivity contribution >= 4 is 40.0 Å². The third-order valence-electron chi connectivity index (χ3n) is 4.13. The predicted octanol–water partition coefficient (Wildman–Crippen LogP) is 3.86. The van der Waals surface area contributed by atoms with Crippen molar-refractivity contribution < 1.29 is 4.79 Å². The summed E-state index contributed by atoms with van der Waals surface area (Å²) in [5, 5.41) is 14.9. The van der Waals surface area contributed by atoms with Gasteiger partial charge < -0.3 is 5.32 Å². The van der Waals surface area contributed by atoms with Gasteiger partial charge >= 0.3 is 0 Å². The Balaban J connectivity index is 1.48. The zero-order chi connectivity index (χ0) is 19.5. The minimum Gasteiger partial charge on any atom is -0.332 e. The molecule has 0 atom stereocenters. The smallest absolute Gasteiger partial charge is 0.257 e. The number of fused-ring (bicyclic) bond motifs is 1. The second-order valence-electron chi connectivity index (χ2n) is 6.31. The Hall–Kier alpha value is -3.58. The summed E-state index contributed by atoms with van der Waals surface area (Å²) < 4.78 is 0. The molecule has 0 unspecified atom stereocenters. The fourth-order valence-corrected chi connectivity index (χ4v) is 3.00. The summed E-state index contributed by atoms with van der Waals surface area (Å²) in [5.74, 6) is -0.252. The van der Waals surface area contributed by atoms with Crippen LogP contribution in [0, 0.1) is 6.92 Å². The molecule has 7 heteroatoms. The molecule has 0 aliphatic rings. The number of aromatic nitrogens is 3. The van der Waals surface area contributed by atoms with Crippen LogP contribution in [0.25, 0.3) is 16.7 Å². The molecule has 0 aliphatic carbocycles. The van der Waals surface area contributed by atoms with Crippen LogP contribution in [0.15, 0.2) is 72.8 Å². The van der Waals surface area contributed by atoms with Crippen LogP contribution >= 0.6 is 12.2 Å². The minimum absolute atomic E-state index is 0.223. The first kappa shape index (κ1) is 17.8. The molecule has 28 heavy (non-hydrogen) atoms. The minimum atomic E-state index is -0.252. The molecule has 6 nitrogen and oxygen atoms in total. The number of carbonyl (C=O) groups excluding carboxylic acids is 1. The van der Waals surface area contributed by atoms with E-state index >= 15 is 0 Å². The lowest BCUT2D eigenvalue weighted by Gasteiger charge is -2.09. The van der Waals surface area contributed by atoms with Gasteiger partial charge in [-0.2, -0.15) is 4.80 Å². The number of carbonyl (C=O) groups is 1. The summed E-state index contributed by atoms with van der Waals surface area (Å²) in [6.07, 6.45) is 0. The van der Waals surface area contributed by atoms with Crippen molar-refractivity contribution in [3.63, 3.8) is 0 Å². The monoisotopic (exact) mass is 387 g/mol. The van der Waals surface area contributed by atoms with Gasteiger partial charge in [0, 0.05) is 11.3 Å². The number of anilines is 1. The van der Waals surface area contributed by atoms with Crippen LogP contribution in [-0.2, 0) is 0 Å². The van der Waals surface area contributed by atoms with Crippen molar-refractivity contribution in [2.24, 2.45) is 0 Å². The molecule has 2 N–H and O–H groups in total. The van der Waals surface area contributed by atoms with Gasteiger partial charge in [-0.15, -0.1) is 10.2 Å². The van der Waals surface area contributed by atoms with Gasteiger partial charge in [-0.25, -0.2) is 0 Å². The van der Waals surface area contributed by atoms with Crippen LogP contribution < -0.4 is 10.6 Å². The fraction of sp³-hybridized carbons (Fsp3) is 0.0476. The van der Waals surface area contributed by atoms with Crippen LogP contribution in [-0.4, -0.2) is 26.0 Å². The molecule has 0 saturated carbocycles. The molecule has 0 radical (unpaired) electrons. The number of rotatable bonds is 3. The summed E-state index contributed by atoms with van der Waals surface area (Å²) in [5.41, 5.74) is 4.67. The third kappa shape index (κ3) is 3.89. The largest absolute Gasteiger partial charge is 0.332 e. The number of hydrogen-bond donors (Lipinski definition) is 2. The summed E-state index contributed by atoms with van der Waals surface area (Å²) >= 11 is 5.27. The second-order valence-corrected chi connectivity index (χ2v) is 6.71. The number of thiocarbonyl (C=S) groups is 1. The van der Waals surface area contributed by atoms with Crippen LogP contribution in [0.5, 0.6) is 0 Å². The highest BCUT2D eigenvalue weighted by Crippen LogP contribution is 2.17. The van der Waals surface area contributed by atoms with Crippen molar-refractivity contribution in [3.8, 4) is 5.69 Å². The molecule has 1 aromatic heterocycles. The summed E-state index contributed by atoms with van der Waals surface area (Å²) in [6.45, 7) is 1.94. The SMILES string of the molecule is Cc1cccc(C(=O)NC(=S)Nc2ccc3nn(-c4ccccc4)nc3c2)c1. The molecule has 0 bridgehead atoms.